The Morgan fingerprint density at radius 1 is 1.41 bits per heavy atom. The Bertz CT molecular complexity index is 464. The molecule has 92 valence electrons. The molecule has 0 aromatic heterocycles. The zero-order valence-electron chi connectivity index (χ0n) is 8.82. The predicted molar refractivity (Wildman–Crippen MR) is 55.1 cm³/mol. The summed E-state index contributed by atoms with van der Waals surface area (Å²) >= 11 is 0. The lowest BCUT2D eigenvalue weighted by atomic mass is 10.0. The predicted octanol–water partition coefficient (Wildman–Crippen LogP) is 0.938. The second-order valence-corrected chi connectivity index (χ2v) is 3.86. The maximum Gasteiger partial charge on any atom is 0.166 e. The maximum atomic E-state index is 13.5. The number of aliphatic hydroxyl groups is 1. The van der Waals surface area contributed by atoms with E-state index < -0.39 is 30.4 Å². The molecule has 0 radical (unpaired) electrons. The van der Waals surface area contributed by atoms with Gasteiger partial charge in [0.2, 0.25) is 0 Å². The second-order valence-electron chi connectivity index (χ2n) is 3.86. The van der Waals surface area contributed by atoms with Gasteiger partial charge in [-0.1, -0.05) is 0 Å². The van der Waals surface area contributed by atoms with Crippen LogP contribution >= 0.6 is 0 Å². The highest BCUT2D eigenvalue weighted by Gasteiger charge is 2.35. The third-order valence-electron chi connectivity index (χ3n) is 2.70. The van der Waals surface area contributed by atoms with Crippen LogP contribution in [0.15, 0.2) is 12.1 Å². The minimum atomic E-state index is -0.958. The smallest absolute Gasteiger partial charge is 0.166 e. The number of aliphatic hydroxyl groups excluding tert-OH is 1. The van der Waals surface area contributed by atoms with Crippen molar-refractivity contribution in [2.24, 2.45) is 0 Å². The van der Waals surface area contributed by atoms with Crippen LogP contribution in [0.2, 0.25) is 0 Å². The number of anilines is 1. The van der Waals surface area contributed by atoms with Crippen LogP contribution in [-0.2, 0) is 9.53 Å². The Hall–Kier alpha value is -1.53. The molecule has 0 spiro atoms. The molecule has 17 heavy (non-hydrogen) atoms. The number of benzene rings is 1. The van der Waals surface area contributed by atoms with E-state index >= 15 is 0 Å². The number of ketones is 1. The molecule has 2 rings (SSSR count). The second kappa shape index (κ2) is 4.38. The molecule has 0 amide bonds. The molecule has 0 bridgehead atoms. The van der Waals surface area contributed by atoms with Crippen LogP contribution in [0.1, 0.15) is 18.1 Å². The van der Waals surface area contributed by atoms with Crippen molar-refractivity contribution in [1.29, 1.82) is 0 Å². The fraction of sp³-hybridized carbons (Fsp3) is 0.364. The third-order valence-corrected chi connectivity index (χ3v) is 2.70. The summed E-state index contributed by atoms with van der Waals surface area (Å²) in [4.78, 5) is 11.3. The van der Waals surface area contributed by atoms with Crippen molar-refractivity contribution in [3.05, 3.63) is 29.3 Å². The zero-order valence-corrected chi connectivity index (χ0v) is 8.82. The molecule has 1 aromatic rings. The van der Waals surface area contributed by atoms with Crippen molar-refractivity contribution < 1.29 is 23.4 Å². The molecule has 1 aromatic carbocycles. The van der Waals surface area contributed by atoms with Gasteiger partial charge in [0.15, 0.2) is 5.78 Å². The molecule has 0 aliphatic carbocycles. The highest BCUT2D eigenvalue weighted by molar-refractivity contribution is 5.85. The summed E-state index contributed by atoms with van der Waals surface area (Å²) in [5.74, 6) is -1.81. The van der Waals surface area contributed by atoms with Gasteiger partial charge in [0, 0.05) is 18.1 Å². The number of ether oxygens (including phenoxy) is 1. The van der Waals surface area contributed by atoms with E-state index in [1.54, 1.807) is 0 Å². The average Bonchev–Trinajstić information content (AvgIpc) is 2.65. The van der Waals surface area contributed by atoms with E-state index in [0.29, 0.717) is 0 Å². The molecular formula is C11H11F2NO3. The number of carbonyl (C=O) groups excluding carboxylic acids is 1. The monoisotopic (exact) mass is 243 g/mol. The molecule has 4 nitrogen and oxygen atoms in total. The van der Waals surface area contributed by atoms with E-state index in [9.17, 15) is 13.6 Å². The van der Waals surface area contributed by atoms with Crippen LogP contribution in [0.25, 0.3) is 0 Å². The number of Topliss-reactive ketones (excluding diaryl/α,β-unsaturated/α-hetero) is 1. The van der Waals surface area contributed by atoms with Gasteiger partial charge in [0.1, 0.15) is 17.7 Å². The highest BCUT2D eigenvalue weighted by atomic mass is 19.1. The first-order valence-corrected chi connectivity index (χ1v) is 5.06. The van der Waals surface area contributed by atoms with E-state index in [0.717, 1.165) is 12.1 Å². The van der Waals surface area contributed by atoms with Gasteiger partial charge < -0.3 is 15.6 Å². The quantitative estimate of drug-likeness (QED) is 0.758. The third kappa shape index (κ3) is 2.13. The van der Waals surface area contributed by atoms with Gasteiger partial charge in [-0.2, -0.15) is 0 Å². The van der Waals surface area contributed by atoms with Crippen molar-refractivity contribution >= 4 is 11.5 Å². The summed E-state index contributed by atoms with van der Waals surface area (Å²) < 4.78 is 31.9. The van der Waals surface area contributed by atoms with Crippen molar-refractivity contribution in [1.82, 2.24) is 0 Å². The molecule has 2 atom stereocenters. The van der Waals surface area contributed by atoms with Gasteiger partial charge in [-0.15, -0.1) is 0 Å². The number of carbonyl (C=O) groups is 1. The Morgan fingerprint density at radius 2 is 2.12 bits per heavy atom. The molecule has 0 saturated carbocycles. The highest BCUT2D eigenvalue weighted by Crippen LogP contribution is 2.33. The van der Waals surface area contributed by atoms with Gasteiger partial charge in [-0.05, 0) is 6.07 Å². The van der Waals surface area contributed by atoms with Gasteiger partial charge in [0.05, 0.1) is 18.4 Å². The molecule has 0 unspecified atom stereocenters. The fourth-order valence-corrected chi connectivity index (χ4v) is 1.79. The van der Waals surface area contributed by atoms with E-state index in [1.807, 2.05) is 0 Å². The first-order valence-electron chi connectivity index (χ1n) is 5.06. The fourth-order valence-electron chi connectivity index (χ4n) is 1.79. The molecule has 1 fully saturated rings. The lowest BCUT2D eigenvalue weighted by Crippen LogP contribution is -2.19. The first-order chi connectivity index (χ1) is 8.02. The van der Waals surface area contributed by atoms with Crippen molar-refractivity contribution in [3.8, 4) is 0 Å². The lowest BCUT2D eigenvalue weighted by molar-refractivity contribution is -0.124. The number of nitrogens with two attached hydrogens (primary N) is 1. The number of hydrogen-bond acceptors (Lipinski definition) is 4. The lowest BCUT2D eigenvalue weighted by Gasteiger charge is -2.12. The Labute approximate surface area is 96.0 Å². The van der Waals surface area contributed by atoms with Gasteiger partial charge in [-0.25, -0.2) is 8.78 Å². The average molecular weight is 243 g/mol. The van der Waals surface area contributed by atoms with Crippen molar-refractivity contribution in [2.75, 3.05) is 12.3 Å². The molecular weight excluding hydrogens is 232 g/mol. The Morgan fingerprint density at radius 3 is 2.71 bits per heavy atom. The molecule has 1 heterocycles. The summed E-state index contributed by atoms with van der Waals surface area (Å²) in [5.41, 5.74) is 4.85. The standard InChI is InChI=1S/C11H11F2NO3/c12-6-2-8(14)7(13)1-5(6)10-3-9(16)11(4-15)17-10/h1-2,10-11,15H,3-4,14H2/t10-,11-/m0/s1. The normalized spacial score (nSPS) is 24.3. The SMILES string of the molecule is Nc1cc(F)c([C@@H]2CC(=O)[C@H](CO)O2)cc1F. The Balaban J connectivity index is 2.30. The molecule has 1 saturated heterocycles. The Kier molecular flexibility index (Phi) is 3.08. The van der Waals surface area contributed by atoms with Crippen LogP contribution in [0, 0.1) is 11.6 Å². The van der Waals surface area contributed by atoms with Crippen molar-refractivity contribution in [2.45, 2.75) is 18.6 Å². The zero-order chi connectivity index (χ0) is 12.6. The van der Waals surface area contributed by atoms with E-state index in [4.69, 9.17) is 15.6 Å². The van der Waals surface area contributed by atoms with E-state index in [-0.39, 0.29) is 23.5 Å². The number of hydrogen-bond donors (Lipinski definition) is 2. The van der Waals surface area contributed by atoms with Crippen LogP contribution in [0.4, 0.5) is 14.5 Å². The van der Waals surface area contributed by atoms with E-state index in [2.05, 4.69) is 0 Å². The van der Waals surface area contributed by atoms with Crippen LogP contribution in [-0.4, -0.2) is 23.6 Å². The van der Waals surface area contributed by atoms with Crippen LogP contribution < -0.4 is 5.73 Å². The molecule has 1 aliphatic heterocycles. The van der Waals surface area contributed by atoms with Gasteiger partial charge in [-0.3, -0.25) is 4.79 Å². The summed E-state index contributed by atoms with van der Waals surface area (Å²) in [7, 11) is 0. The summed E-state index contributed by atoms with van der Waals surface area (Å²) in [6, 6.07) is 1.77. The summed E-state index contributed by atoms with van der Waals surface area (Å²) in [6.07, 6.45) is -1.90. The maximum absolute atomic E-state index is 13.5. The summed E-state index contributed by atoms with van der Waals surface area (Å²) in [5, 5.41) is 8.84. The van der Waals surface area contributed by atoms with Gasteiger partial charge in [0.25, 0.3) is 0 Å². The molecule has 1 aliphatic rings. The summed E-state index contributed by atoms with van der Waals surface area (Å²) in [6.45, 7) is -0.464. The topological polar surface area (TPSA) is 72.6 Å². The molecule has 3 N–H and O–H groups in total. The number of halogens is 2. The van der Waals surface area contributed by atoms with Crippen LogP contribution in [0.3, 0.4) is 0 Å². The molecule has 6 heteroatoms. The minimum Gasteiger partial charge on any atom is -0.396 e. The number of rotatable bonds is 2. The number of nitrogen functional groups attached to an aromatic ring is 1. The minimum absolute atomic E-state index is 0.0546. The van der Waals surface area contributed by atoms with E-state index in [1.165, 1.54) is 0 Å². The first kappa shape index (κ1) is 11.9. The van der Waals surface area contributed by atoms with Crippen LogP contribution in [0.5, 0.6) is 0 Å². The van der Waals surface area contributed by atoms with Crippen molar-refractivity contribution in [3.63, 3.8) is 0 Å². The van der Waals surface area contributed by atoms with Gasteiger partial charge >= 0.3 is 0 Å². The largest absolute Gasteiger partial charge is 0.396 e.